The van der Waals surface area contributed by atoms with Gasteiger partial charge in [-0.1, -0.05) is 18.2 Å². The van der Waals surface area contributed by atoms with E-state index in [0.717, 1.165) is 5.56 Å². The highest BCUT2D eigenvalue weighted by atomic mass is 16.5. The average Bonchev–Trinajstić information content (AvgIpc) is 2.47. The first-order chi connectivity index (χ1) is 6.66. The Morgan fingerprint density at radius 1 is 1.57 bits per heavy atom. The number of benzene rings is 1. The summed E-state index contributed by atoms with van der Waals surface area (Å²) >= 11 is 0. The number of rotatable bonds is 2. The van der Waals surface area contributed by atoms with Crippen LogP contribution in [0.2, 0.25) is 0 Å². The summed E-state index contributed by atoms with van der Waals surface area (Å²) in [6.45, 7) is 0.393. The number of aliphatic carboxylic acids is 1. The Labute approximate surface area is 81.3 Å². The average molecular weight is 192 g/mol. The Balaban J connectivity index is 2.30. The quantitative estimate of drug-likeness (QED) is 0.621. The van der Waals surface area contributed by atoms with Gasteiger partial charge >= 0.3 is 13.1 Å². The molecule has 0 spiro atoms. The predicted molar refractivity (Wildman–Crippen MR) is 50.2 cm³/mol. The molecule has 1 aliphatic rings. The zero-order chi connectivity index (χ0) is 10.1. The van der Waals surface area contributed by atoms with Crippen LogP contribution < -0.4 is 5.46 Å². The van der Waals surface area contributed by atoms with Crippen molar-refractivity contribution in [2.24, 2.45) is 0 Å². The molecule has 1 aromatic carbocycles. The molecule has 0 unspecified atom stereocenters. The van der Waals surface area contributed by atoms with Gasteiger partial charge in [-0.2, -0.15) is 0 Å². The molecule has 0 aliphatic carbocycles. The maximum Gasteiger partial charge on any atom is 0.491 e. The summed E-state index contributed by atoms with van der Waals surface area (Å²) in [4.78, 5) is 10.5. The van der Waals surface area contributed by atoms with Gasteiger partial charge in [-0.15, -0.1) is 0 Å². The Morgan fingerprint density at radius 3 is 3.07 bits per heavy atom. The highest BCUT2D eigenvalue weighted by Crippen LogP contribution is 2.11. The molecule has 14 heavy (non-hydrogen) atoms. The first-order valence-corrected chi connectivity index (χ1v) is 4.30. The second kappa shape index (κ2) is 3.44. The van der Waals surface area contributed by atoms with Gasteiger partial charge in [0.05, 0.1) is 13.0 Å². The van der Waals surface area contributed by atoms with Crippen molar-refractivity contribution in [1.82, 2.24) is 0 Å². The molecule has 1 heterocycles. The Hall–Kier alpha value is -1.33. The Kier molecular flexibility index (Phi) is 2.27. The lowest BCUT2D eigenvalue weighted by molar-refractivity contribution is -0.136. The minimum Gasteiger partial charge on any atom is -0.481 e. The lowest BCUT2D eigenvalue weighted by atomic mass is 9.78. The fourth-order valence-electron chi connectivity index (χ4n) is 1.55. The van der Waals surface area contributed by atoms with Crippen LogP contribution in [0.15, 0.2) is 18.2 Å². The number of carbonyl (C=O) groups is 1. The SMILES string of the molecule is O=C(O)Cc1ccc2c(c1)B(O)OC2. The summed E-state index contributed by atoms with van der Waals surface area (Å²) in [6.07, 6.45) is -0.0278. The van der Waals surface area contributed by atoms with Gasteiger partial charge in [0.25, 0.3) is 0 Å². The van der Waals surface area contributed by atoms with E-state index in [1.165, 1.54) is 0 Å². The molecule has 0 atom stereocenters. The van der Waals surface area contributed by atoms with Gasteiger partial charge in [-0.05, 0) is 16.6 Å². The number of hydrogen-bond acceptors (Lipinski definition) is 3. The van der Waals surface area contributed by atoms with E-state index >= 15 is 0 Å². The van der Waals surface area contributed by atoms with Crippen LogP contribution in [0.25, 0.3) is 0 Å². The number of carboxylic acid groups (broad SMARTS) is 1. The molecule has 0 fully saturated rings. The van der Waals surface area contributed by atoms with Crippen LogP contribution in [0, 0.1) is 0 Å². The zero-order valence-corrected chi connectivity index (χ0v) is 7.43. The van der Waals surface area contributed by atoms with Crippen LogP contribution in [0.1, 0.15) is 11.1 Å². The molecule has 1 aromatic rings. The third kappa shape index (κ3) is 1.64. The summed E-state index contributed by atoms with van der Waals surface area (Å²) in [7, 11) is -0.904. The topological polar surface area (TPSA) is 66.8 Å². The van der Waals surface area contributed by atoms with E-state index in [9.17, 15) is 9.82 Å². The van der Waals surface area contributed by atoms with E-state index in [-0.39, 0.29) is 6.42 Å². The molecule has 0 bridgehead atoms. The van der Waals surface area contributed by atoms with Gasteiger partial charge in [0, 0.05) is 0 Å². The Bertz CT molecular complexity index is 377. The van der Waals surface area contributed by atoms with E-state index < -0.39 is 13.1 Å². The Morgan fingerprint density at radius 2 is 2.36 bits per heavy atom. The normalized spacial score (nSPS) is 14.2. The minimum absolute atomic E-state index is 0.0278. The van der Waals surface area contributed by atoms with Crippen LogP contribution in [-0.4, -0.2) is 23.2 Å². The van der Waals surface area contributed by atoms with E-state index in [1.807, 2.05) is 0 Å². The second-order valence-corrected chi connectivity index (χ2v) is 3.27. The van der Waals surface area contributed by atoms with Crippen LogP contribution in [-0.2, 0) is 22.5 Å². The molecule has 0 amide bonds. The van der Waals surface area contributed by atoms with Crippen molar-refractivity contribution < 1.29 is 19.6 Å². The van der Waals surface area contributed by atoms with Crippen molar-refractivity contribution in [3.05, 3.63) is 29.3 Å². The van der Waals surface area contributed by atoms with Crippen molar-refractivity contribution >= 4 is 18.6 Å². The predicted octanol–water partition coefficient (Wildman–Crippen LogP) is -0.469. The maximum atomic E-state index is 10.5. The molecule has 72 valence electrons. The molecular formula is C9H9BO4. The maximum absolute atomic E-state index is 10.5. The van der Waals surface area contributed by atoms with Gasteiger partial charge < -0.3 is 14.8 Å². The highest BCUT2D eigenvalue weighted by Gasteiger charge is 2.27. The van der Waals surface area contributed by atoms with Crippen molar-refractivity contribution in [2.75, 3.05) is 0 Å². The second-order valence-electron chi connectivity index (χ2n) is 3.27. The van der Waals surface area contributed by atoms with Gasteiger partial charge in [0.1, 0.15) is 0 Å². The van der Waals surface area contributed by atoms with Gasteiger partial charge in [-0.3, -0.25) is 4.79 Å². The molecule has 5 heteroatoms. The van der Waals surface area contributed by atoms with Crippen LogP contribution in [0.5, 0.6) is 0 Å². The van der Waals surface area contributed by atoms with Gasteiger partial charge in [-0.25, -0.2) is 0 Å². The summed E-state index contributed by atoms with van der Waals surface area (Å²) < 4.78 is 4.99. The largest absolute Gasteiger partial charge is 0.491 e. The molecule has 0 saturated carbocycles. The molecule has 0 saturated heterocycles. The summed E-state index contributed by atoms with van der Waals surface area (Å²) in [6, 6.07) is 5.22. The van der Waals surface area contributed by atoms with E-state index in [2.05, 4.69) is 0 Å². The fourth-order valence-corrected chi connectivity index (χ4v) is 1.55. The molecule has 0 aromatic heterocycles. The third-order valence-electron chi connectivity index (χ3n) is 2.23. The number of carboxylic acids is 1. The van der Waals surface area contributed by atoms with E-state index in [0.29, 0.717) is 17.6 Å². The third-order valence-corrected chi connectivity index (χ3v) is 2.23. The molecule has 4 nitrogen and oxygen atoms in total. The van der Waals surface area contributed by atoms with Crippen LogP contribution in [0.3, 0.4) is 0 Å². The zero-order valence-electron chi connectivity index (χ0n) is 7.43. The summed E-state index contributed by atoms with van der Waals surface area (Å²) in [5.41, 5.74) is 2.29. The minimum atomic E-state index is -0.904. The van der Waals surface area contributed by atoms with Crippen LogP contribution >= 0.6 is 0 Å². The van der Waals surface area contributed by atoms with E-state index in [4.69, 9.17) is 9.76 Å². The van der Waals surface area contributed by atoms with Crippen molar-refractivity contribution in [2.45, 2.75) is 13.0 Å². The fraction of sp³-hybridized carbons (Fsp3) is 0.222. The molecule has 0 radical (unpaired) electrons. The van der Waals surface area contributed by atoms with Gasteiger partial charge in [0.2, 0.25) is 0 Å². The van der Waals surface area contributed by atoms with Crippen molar-refractivity contribution in [3.63, 3.8) is 0 Å². The number of hydrogen-bond donors (Lipinski definition) is 2. The lowest BCUT2D eigenvalue weighted by Gasteiger charge is -2.01. The summed E-state index contributed by atoms with van der Waals surface area (Å²) in [5, 5.41) is 18.0. The van der Waals surface area contributed by atoms with Crippen molar-refractivity contribution in [1.29, 1.82) is 0 Å². The lowest BCUT2D eigenvalue weighted by Crippen LogP contribution is -2.28. The monoisotopic (exact) mass is 192 g/mol. The first kappa shape index (κ1) is 9.24. The van der Waals surface area contributed by atoms with Crippen molar-refractivity contribution in [3.8, 4) is 0 Å². The number of fused-ring (bicyclic) bond motifs is 1. The van der Waals surface area contributed by atoms with Gasteiger partial charge in [0.15, 0.2) is 0 Å². The smallest absolute Gasteiger partial charge is 0.481 e. The van der Waals surface area contributed by atoms with E-state index in [1.54, 1.807) is 18.2 Å². The molecule has 2 rings (SSSR count). The first-order valence-electron chi connectivity index (χ1n) is 4.30. The van der Waals surface area contributed by atoms with Crippen LogP contribution in [0.4, 0.5) is 0 Å². The molecular weight excluding hydrogens is 183 g/mol. The molecule has 1 aliphatic heterocycles. The summed E-state index contributed by atoms with van der Waals surface area (Å²) in [5.74, 6) is -0.877. The molecule has 2 N–H and O–H groups in total. The standard InChI is InChI=1S/C9H9BO4/c11-9(12)4-6-1-2-7-5-14-10(13)8(7)3-6/h1-3,13H,4-5H2,(H,11,12). The highest BCUT2D eigenvalue weighted by molar-refractivity contribution is 6.61.